The van der Waals surface area contributed by atoms with Gasteiger partial charge in [0.05, 0.1) is 6.04 Å². The summed E-state index contributed by atoms with van der Waals surface area (Å²) in [7, 11) is 3.30. The third-order valence-corrected chi connectivity index (χ3v) is 2.10. The number of benzene rings is 1. The Labute approximate surface area is 86.5 Å². The van der Waals surface area contributed by atoms with Crippen molar-refractivity contribution in [2.45, 2.75) is 12.5 Å². The summed E-state index contributed by atoms with van der Waals surface area (Å²) >= 11 is 0. The van der Waals surface area contributed by atoms with Crippen molar-refractivity contribution in [1.82, 2.24) is 0 Å². The minimum absolute atomic E-state index is 0.247. The molecule has 0 saturated heterocycles. The Balaban J connectivity index is 3.16. The quantitative estimate of drug-likeness (QED) is 0.842. The molecule has 15 heavy (non-hydrogen) atoms. The van der Waals surface area contributed by atoms with Gasteiger partial charge in [-0.05, 0) is 17.7 Å². The van der Waals surface area contributed by atoms with Gasteiger partial charge in [-0.3, -0.25) is 0 Å². The minimum atomic E-state index is -2.66. The second kappa shape index (κ2) is 4.53. The Hall–Kier alpha value is -1.23. The van der Waals surface area contributed by atoms with E-state index >= 15 is 0 Å². The summed E-state index contributed by atoms with van der Waals surface area (Å²) in [5, 5.41) is 0. The van der Waals surface area contributed by atoms with Gasteiger partial charge in [-0.2, -0.15) is 0 Å². The lowest BCUT2D eigenvalue weighted by molar-refractivity contribution is 0.116. The molecule has 1 unspecified atom stereocenters. The highest BCUT2D eigenvalue weighted by Gasteiger charge is 2.21. The van der Waals surface area contributed by atoms with Gasteiger partial charge in [0.25, 0.3) is 6.43 Å². The zero-order chi connectivity index (χ0) is 11.6. The highest BCUT2D eigenvalue weighted by Crippen LogP contribution is 2.28. The first-order chi connectivity index (χ1) is 6.93. The van der Waals surface area contributed by atoms with Crippen LogP contribution in [0.1, 0.15) is 11.6 Å². The predicted molar refractivity (Wildman–Crippen MR) is 53.7 cm³/mol. The molecule has 1 aromatic rings. The molecule has 84 valence electrons. The lowest BCUT2D eigenvalue weighted by Gasteiger charge is -2.21. The molecule has 0 heterocycles. The zero-order valence-corrected chi connectivity index (χ0v) is 8.55. The van der Waals surface area contributed by atoms with Crippen molar-refractivity contribution in [3.8, 4) is 0 Å². The van der Waals surface area contributed by atoms with Gasteiger partial charge >= 0.3 is 0 Å². The fourth-order valence-electron chi connectivity index (χ4n) is 1.32. The zero-order valence-electron chi connectivity index (χ0n) is 8.55. The summed E-state index contributed by atoms with van der Waals surface area (Å²) < 4.78 is 37.8. The second-order valence-electron chi connectivity index (χ2n) is 3.46. The van der Waals surface area contributed by atoms with Crippen LogP contribution < -0.4 is 10.6 Å². The van der Waals surface area contributed by atoms with Crippen LogP contribution >= 0.6 is 0 Å². The fraction of sp³-hybridized carbons (Fsp3) is 0.400. The summed E-state index contributed by atoms with van der Waals surface area (Å²) in [6.07, 6.45) is -2.66. The van der Waals surface area contributed by atoms with Crippen LogP contribution in [0.2, 0.25) is 0 Å². The number of halogens is 3. The first-order valence-electron chi connectivity index (χ1n) is 4.44. The molecule has 1 aromatic carbocycles. The van der Waals surface area contributed by atoms with E-state index in [2.05, 4.69) is 0 Å². The summed E-state index contributed by atoms with van der Waals surface area (Å²) in [5.41, 5.74) is 5.95. The maximum Gasteiger partial charge on any atom is 0.257 e. The highest BCUT2D eigenvalue weighted by atomic mass is 19.3. The smallest absolute Gasteiger partial charge is 0.257 e. The first kappa shape index (κ1) is 11.8. The molecule has 0 aliphatic rings. The van der Waals surface area contributed by atoms with Crippen LogP contribution in [0, 0.1) is 5.82 Å². The van der Waals surface area contributed by atoms with Gasteiger partial charge in [-0.25, -0.2) is 13.2 Å². The molecular formula is C10H13F3N2. The van der Waals surface area contributed by atoms with Gasteiger partial charge < -0.3 is 10.6 Å². The maximum atomic E-state index is 12.9. The lowest BCUT2D eigenvalue weighted by atomic mass is 10.1. The number of rotatable bonds is 3. The normalized spacial score (nSPS) is 13.0. The average Bonchev–Trinajstić information content (AvgIpc) is 2.16. The van der Waals surface area contributed by atoms with E-state index in [1.807, 2.05) is 0 Å². The van der Waals surface area contributed by atoms with Crippen molar-refractivity contribution in [3.05, 3.63) is 29.6 Å². The van der Waals surface area contributed by atoms with Crippen LogP contribution in [0.4, 0.5) is 18.9 Å². The lowest BCUT2D eigenvalue weighted by Crippen LogP contribution is -2.22. The molecular weight excluding hydrogens is 205 g/mol. The number of hydrogen-bond donors (Lipinski definition) is 1. The first-order valence-corrected chi connectivity index (χ1v) is 4.44. The van der Waals surface area contributed by atoms with E-state index in [1.54, 1.807) is 19.0 Å². The summed E-state index contributed by atoms with van der Waals surface area (Å²) in [4.78, 5) is 1.56. The van der Waals surface area contributed by atoms with E-state index in [4.69, 9.17) is 5.73 Å². The van der Waals surface area contributed by atoms with E-state index in [-0.39, 0.29) is 5.56 Å². The third kappa shape index (κ3) is 2.62. The molecule has 0 aromatic heterocycles. The van der Waals surface area contributed by atoms with Crippen molar-refractivity contribution in [3.63, 3.8) is 0 Å². The van der Waals surface area contributed by atoms with Gasteiger partial charge in [0.1, 0.15) is 5.82 Å². The molecule has 0 amide bonds. The molecule has 0 saturated carbocycles. The SMILES string of the molecule is CN(C)c1cc(F)ccc1C(N)C(F)F. The standard InChI is InChI=1S/C10H13F3N2/c1-15(2)8-5-6(11)3-4-7(8)9(14)10(12)13/h3-5,9-10H,14H2,1-2H3. The van der Waals surface area contributed by atoms with Crippen molar-refractivity contribution in [1.29, 1.82) is 0 Å². The van der Waals surface area contributed by atoms with E-state index in [0.717, 1.165) is 6.07 Å². The number of nitrogens with two attached hydrogens (primary N) is 1. The minimum Gasteiger partial charge on any atom is -0.377 e. The Morgan fingerprint density at radius 1 is 1.27 bits per heavy atom. The molecule has 0 radical (unpaired) electrons. The molecule has 0 bridgehead atoms. The number of anilines is 1. The average molecular weight is 218 g/mol. The van der Waals surface area contributed by atoms with E-state index in [1.165, 1.54) is 12.1 Å². The molecule has 1 atom stereocenters. The monoisotopic (exact) mass is 218 g/mol. The summed E-state index contributed by atoms with van der Waals surface area (Å²) in [6.45, 7) is 0. The molecule has 1 rings (SSSR count). The Kier molecular flexibility index (Phi) is 3.57. The molecule has 0 aliphatic heterocycles. The predicted octanol–water partition coefficient (Wildman–Crippen LogP) is 2.16. The van der Waals surface area contributed by atoms with Gasteiger partial charge in [0, 0.05) is 19.8 Å². The van der Waals surface area contributed by atoms with Crippen LogP contribution in [-0.2, 0) is 0 Å². The van der Waals surface area contributed by atoms with E-state index in [9.17, 15) is 13.2 Å². The number of hydrogen-bond acceptors (Lipinski definition) is 2. The van der Waals surface area contributed by atoms with Crippen molar-refractivity contribution in [2.75, 3.05) is 19.0 Å². The molecule has 2 nitrogen and oxygen atoms in total. The van der Waals surface area contributed by atoms with E-state index < -0.39 is 18.3 Å². The Morgan fingerprint density at radius 2 is 1.87 bits per heavy atom. The third-order valence-electron chi connectivity index (χ3n) is 2.10. The molecule has 0 aliphatic carbocycles. The van der Waals surface area contributed by atoms with Gasteiger partial charge in [-0.1, -0.05) is 6.07 Å². The highest BCUT2D eigenvalue weighted by molar-refractivity contribution is 5.54. The van der Waals surface area contributed by atoms with Crippen molar-refractivity contribution < 1.29 is 13.2 Å². The molecule has 0 spiro atoms. The number of nitrogens with zero attached hydrogens (tertiary/aromatic N) is 1. The van der Waals surface area contributed by atoms with Crippen LogP contribution in [0.3, 0.4) is 0 Å². The Bertz CT molecular complexity index is 339. The van der Waals surface area contributed by atoms with Crippen molar-refractivity contribution in [2.24, 2.45) is 5.73 Å². The molecule has 5 heteroatoms. The maximum absolute atomic E-state index is 12.9. The largest absolute Gasteiger partial charge is 0.377 e. The van der Waals surface area contributed by atoms with Crippen molar-refractivity contribution >= 4 is 5.69 Å². The van der Waals surface area contributed by atoms with Crippen LogP contribution in [-0.4, -0.2) is 20.5 Å². The number of alkyl halides is 2. The topological polar surface area (TPSA) is 29.3 Å². The Morgan fingerprint density at radius 3 is 2.33 bits per heavy atom. The van der Waals surface area contributed by atoms with E-state index in [0.29, 0.717) is 5.69 Å². The summed E-state index contributed by atoms with van der Waals surface area (Å²) in [5.74, 6) is -0.469. The molecule has 2 N–H and O–H groups in total. The summed E-state index contributed by atoms with van der Waals surface area (Å²) in [6, 6.07) is 2.23. The van der Waals surface area contributed by atoms with Gasteiger partial charge in [-0.15, -0.1) is 0 Å². The van der Waals surface area contributed by atoms with Gasteiger partial charge in [0.15, 0.2) is 0 Å². The van der Waals surface area contributed by atoms with Gasteiger partial charge in [0.2, 0.25) is 0 Å². The molecule has 0 fully saturated rings. The van der Waals surface area contributed by atoms with Crippen LogP contribution in [0.15, 0.2) is 18.2 Å². The van der Waals surface area contributed by atoms with Crippen LogP contribution in [0.25, 0.3) is 0 Å². The fourth-order valence-corrected chi connectivity index (χ4v) is 1.32. The van der Waals surface area contributed by atoms with Crippen LogP contribution in [0.5, 0.6) is 0 Å². The second-order valence-corrected chi connectivity index (χ2v) is 3.46.